The quantitative estimate of drug-likeness (QED) is 0.928. The first-order valence-electron chi connectivity index (χ1n) is 7.97. The van der Waals surface area contributed by atoms with Crippen molar-refractivity contribution in [3.8, 4) is 0 Å². The molecule has 0 aliphatic heterocycles. The van der Waals surface area contributed by atoms with Crippen LogP contribution in [-0.4, -0.2) is 30.1 Å². The van der Waals surface area contributed by atoms with E-state index < -0.39 is 6.10 Å². The van der Waals surface area contributed by atoms with Gasteiger partial charge in [0.2, 0.25) is 0 Å². The number of nitrogens with zero attached hydrogens (tertiary/aromatic N) is 1. The van der Waals surface area contributed by atoms with E-state index in [4.69, 9.17) is 0 Å². The number of hydrogen-bond donors (Lipinski definition) is 1. The molecule has 1 aliphatic rings. The van der Waals surface area contributed by atoms with Crippen LogP contribution in [-0.2, 0) is 12.8 Å². The molecule has 0 heterocycles. The van der Waals surface area contributed by atoms with Crippen molar-refractivity contribution >= 4 is 10.8 Å². The first kappa shape index (κ1) is 14.6. The summed E-state index contributed by atoms with van der Waals surface area (Å²) in [6.07, 6.45) is 4.43. The Morgan fingerprint density at radius 2 is 1.71 bits per heavy atom. The summed E-state index contributed by atoms with van der Waals surface area (Å²) >= 11 is 0. The van der Waals surface area contributed by atoms with E-state index in [1.54, 1.807) is 0 Å². The Kier molecular flexibility index (Phi) is 4.01. The summed E-state index contributed by atoms with van der Waals surface area (Å²) in [6, 6.07) is 10.9. The van der Waals surface area contributed by atoms with Gasteiger partial charge in [-0.05, 0) is 74.2 Å². The molecule has 2 atom stereocenters. The smallest absolute Gasteiger partial charge is 0.0948 e. The van der Waals surface area contributed by atoms with Crippen LogP contribution in [0, 0.1) is 0 Å². The van der Waals surface area contributed by atoms with E-state index in [0.29, 0.717) is 0 Å². The Hall–Kier alpha value is -1.38. The van der Waals surface area contributed by atoms with Gasteiger partial charge in [-0.15, -0.1) is 0 Å². The number of hydrogen-bond acceptors (Lipinski definition) is 2. The zero-order valence-corrected chi connectivity index (χ0v) is 13.3. The van der Waals surface area contributed by atoms with E-state index in [2.05, 4.69) is 42.2 Å². The standard InChI is InChI=1S/C19H25NO/c1-13(20(2)3)19(21)18-12-14-8-4-5-9-15(14)16-10-6-7-11-17(16)18/h6-7,10-13,19,21H,4-5,8-9H2,1-3H3/t13-,19-/m1/s1. The number of aliphatic hydroxyl groups excluding tert-OH is 1. The third-order valence-corrected chi connectivity index (χ3v) is 4.99. The molecular weight excluding hydrogens is 258 g/mol. The first-order valence-corrected chi connectivity index (χ1v) is 7.97. The first-order chi connectivity index (χ1) is 10.1. The van der Waals surface area contributed by atoms with Crippen LogP contribution >= 0.6 is 0 Å². The molecule has 0 amide bonds. The van der Waals surface area contributed by atoms with Crippen LogP contribution in [0.3, 0.4) is 0 Å². The molecule has 0 saturated carbocycles. The van der Waals surface area contributed by atoms with Gasteiger partial charge in [0.1, 0.15) is 0 Å². The molecule has 112 valence electrons. The molecule has 0 radical (unpaired) electrons. The van der Waals surface area contributed by atoms with Gasteiger partial charge in [0, 0.05) is 6.04 Å². The van der Waals surface area contributed by atoms with E-state index in [0.717, 1.165) is 12.0 Å². The molecule has 3 rings (SSSR count). The number of aliphatic hydroxyl groups is 1. The molecule has 21 heavy (non-hydrogen) atoms. The van der Waals surface area contributed by atoms with E-state index in [9.17, 15) is 5.11 Å². The fraction of sp³-hybridized carbons (Fsp3) is 0.474. The summed E-state index contributed by atoms with van der Waals surface area (Å²) in [4.78, 5) is 2.08. The third kappa shape index (κ3) is 2.58. The van der Waals surface area contributed by atoms with Gasteiger partial charge in [-0.2, -0.15) is 0 Å². The molecule has 0 fully saturated rings. The van der Waals surface area contributed by atoms with Gasteiger partial charge in [0.25, 0.3) is 0 Å². The van der Waals surface area contributed by atoms with Crippen molar-refractivity contribution in [1.82, 2.24) is 4.90 Å². The predicted molar refractivity (Wildman–Crippen MR) is 88.7 cm³/mol. The maximum absolute atomic E-state index is 10.8. The van der Waals surface area contributed by atoms with Crippen LogP contribution in [0.4, 0.5) is 0 Å². The molecule has 0 aromatic heterocycles. The molecule has 0 bridgehead atoms. The average molecular weight is 283 g/mol. The maximum Gasteiger partial charge on any atom is 0.0948 e. The fourth-order valence-corrected chi connectivity index (χ4v) is 3.45. The van der Waals surface area contributed by atoms with Crippen molar-refractivity contribution in [2.24, 2.45) is 0 Å². The summed E-state index contributed by atoms with van der Waals surface area (Å²) in [7, 11) is 4.04. The topological polar surface area (TPSA) is 23.5 Å². The van der Waals surface area contributed by atoms with Gasteiger partial charge in [-0.25, -0.2) is 0 Å². The second kappa shape index (κ2) is 5.78. The van der Waals surface area contributed by atoms with Crippen LogP contribution in [0.5, 0.6) is 0 Å². The molecule has 0 unspecified atom stereocenters. The van der Waals surface area contributed by atoms with Gasteiger partial charge in [-0.3, -0.25) is 0 Å². The molecule has 2 nitrogen and oxygen atoms in total. The molecule has 0 spiro atoms. The highest BCUT2D eigenvalue weighted by Crippen LogP contribution is 2.35. The van der Waals surface area contributed by atoms with Gasteiger partial charge in [0.15, 0.2) is 0 Å². The van der Waals surface area contributed by atoms with E-state index in [1.807, 2.05) is 14.1 Å². The molecule has 2 aromatic carbocycles. The molecule has 1 aliphatic carbocycles. The van der Waals surface area contributed by atoms with Crippen LogP contribution in [0.25, 0.3) is 10.8 Å². The van der Waals surface area contributed by atoms with Gasteiger partial charge in [-0.1, -0.05) is 30.3 Å². The SMILES string of the molecule is C[C@H]([C@@H](O)c1cc2c(c3ccccc13)CCCC2)N(C)C. The minimum atomic E-state index is -0.447. The fourth-order valence-electron chi connectivity index (χ4n) is 3.45. The zero-order valence-electron chi connectivity index (χ0n) is 13.3. The second-order valence-electron chi connectivity index (χ2n) is 6.51. The summed E-state index contributed by atoms with van der Waals surface area (Å²) < 4.78 is 0. The Labute approximate surface area is 127 Å². The van der Waals surface area contributed by atoms with Crippen molar-refractivity contribution in [1.29, 1.82) is 0 Å². The number of aryl methyl sites for hydroxylation is 2. The Morgan fingerprint density at radius 3 is 2.43 bits per heavy atom. The lowest BCUT2D eigenvalue weighted by atomic mass is 9.84. The molecular formula is C19H25NO. The predicted octanol–water partition coefficient (Wildman–Crippen LogP) is 3.70. The number of likely N-dealkylation sites (N-methyl/N-ethyl adjacent to an activating group) is 1. The van der Waals surface area contributed by atoms with E-state index in [-0.39, 0.29) is 6.04 Å². The number of fused-ring (bicyclic) bond motifs is 3. The minimum absolute atomic E-state index is 0.107. The summed E-state index contributed by atoms with van der Waals surface area (Å²) in [5.74, 6) is 0. The Bertz CT molecular complexity index is 647. The van der Waals surface area contributed by atoms with Crippen molar-refractivity contribution in [3.05, 3.63) is 47.0 Å². The summed E-state index contributed by atoms with van der Waals surface area (Å²) in [6.45, 7) is 2.08. The van der Waals surface area contributed by atoms with E-state index in [1.165, 1.54) is 41.2 Å². The molecule has 2 aromatic rings. The minimum Gasteiger partial charge on any atom is -0.387 e. The van der Waals surface area contributed by atoms with Crippen LogP contribution in [0.1, 0.15) is 42.6 Å². The van der Waals surface area contributed by atoms with Crippen LogP contribution < -0.4 is 0 Å². The monoisotopic (exact) mass is 283 g/mol. The largest absolute Gasteiger partial charge is 0.387 e. The zero-order chi connectivity index (χ0) is 15.0. The molecule has 2 heteroatoms. The molecule has 0 saturated heterocycles. The Balaban J connectivity index is 2.18. The highest BCUT2D eigenvalue weighted by atomic mass is 16.3. The van der Waals surface area contributed by atoms with Crippen LogP contribution in [0.2, 0.25) is 0 Å². The number of rotatable bonds is 3. The second-order valence-corrected chi connectivity index (χ2v) is 6.51. The van der Waals surface area contributed by atoms with E-state index >= 15 is 0 Å². The lowest BCUT2D eigenvalue weighted by Gasteiger charge is -2.28. The highest BCUT2D eigenvalue weighted by Gasteiger charge is 2.23. The van der Waals surface area contributed by atoms with Crippen molar-refractivity contribution in [3.63, 3.8) is 0 Å². The maximum atomic E-state index is 10.8. The van der Waals surface area contributed by atoms with Crippen molar-refractivity contribution in [2.45, 2.75) is 44.8 Å². The van der Waals surface area contributed by atoms with Gasteiger partial charge < -0.3 is 10.0 Å². The lowest BCUT2D eigenvalue weighted by Crippen LogP contribution is -2.31. The van der Waals surface area contributed by atoms with Gasteiger partial charge >= 0.3 is 0 Å². The normalized spacial score (nSPS) is 17.8. The third-order valence-electron chi connectivity index (χ3n) is 4.99. The average Bonchev–Trinajstić information content (AvgIpc) is 2.52. The summed E-state index contributed by atoms with van der Waals surface area (Å²) in [5, 5.41) is 13.4. The van der Waals surface area contributed by atoms with Gasteiger partial charge in [0.05, 0.1) is 6.10 Å². The Morgan fingerprint density at radius 1 is 1.05 bits per heavy atom. The highest BCUT2D eigenvalue weighted by molar-refractivity contribution is 5.90. The number of benzene rings is 2. The molecule has 1 N–H and O–H groups in total. The van der Waals surface area contributed by atoms with Crippen LogP contribution in [0.15, 0.2) is 30.3 Å². The summed E-state index contributed by atoms with van der Waals surface area (Å²) in [5.41, 5.74) is 4.04. The lowest BCUT2D eigenvalue weighted by molar-refractivity contribution is 0.0869. The van der Waals surface area contributed by atoms with Crippen molar-refractivity contribution in [2.75, 3.05) is 14.1 Å². The van der Waals surface area contributed by atoms with Crippen molar-refractivity contribution < 1.29 is 5.11 Å².